The van der Waals surface area contributed by atoms with E-state index in [0.717, 1.165) is 24.0 Å². The van der Waals surface area contributed by atoms with Gasteiger partial charge in [-0.25, -0.2) is 22.0 Å². The molecule has 36 heavy (non-hydrogen) atoms. The summed E-state index contributed by atoms with van der Waals surface area (Å²) in [4.78, 5) is 19.0. The van der Waals surface area contributed by atoms with Crippen molar-refractivity contribution in [2.45, 2.75) is 51.7 Å². The standard InChI is InChI=1S/C27H25F5N2O2/c1-15-21(27(2,31)32)11-17(12-33-15)18-7-8-19-22(28)5-4-6-25(19)34(26(18)35)13-20-23(29)9-16(14-36-3)10-24(20)30/h4-6,9-12,18H,7-8,13-14H2,1-3H3/t18-/m1/s1. The number of hydrogen-bond acceptors (Lipinski definition) is 3. The van der Waals surface area contributed by atoms with Gasteiger partial charge in [0.1, 0.15) is 17.5 Å². The van der Waals surface area contributed by atoms with E-state index in [1.54, 1.807) is 0 Å². The third-order valence-electron chi connectivity index (χ3n) is 6.44. The van der Waals surface area contributed by atoms with E-state index in [2.05, 4.69) is 4.98 Å². The van der Waals surface area contributed by atoms with E-state index in [9.17, 15) is 26.7 Å². The fourth-order valence-electron chi connectivity index (χ4n) is 4.64. The van der Waals surface area contributed by atoms with Crippen molar-refractivity contribution in [1.29, 1.82) is 0 Å². The lowest BCUT2D eigenvalue weighted by Crippen LogP contribution is -2.35. The summed E-state index contributed by atoms with van der Waals surface area (Å²) in [5, 5.41) is 0. The highest BCUT2D eigenvalue weighted by Gasteiger charge is 2.35. The average Bonchev–Trinajstić information content (AvgIpc) is 2.93. The Labute approximate surface area is 205 Å². The highest BCUT2D eigenvalue weighted by atomic mass is 19.3. The molecule has 0 bridgehead atoms. The van der Waals surface area contributed by atoms with Crippen molar-refractivity contribution in [2.75, 3.05) is 12.0 Å². The quantitative estimate of drug-likeness (QED) is 0.369. The number of aromatic nitrogens is 1. The summed E-state index contributed by atoms with van der Waals surface area (Å²) in [7, 11) is 1.39. The second-order valence-electron chi connectivity index (χ2n) is 9.01. The van der Waals surface area contributed by atoms with Crippen LogP contribution in [0.25, 0.3) is 0 Å². The van der Waals surface area contributed by atoms with Crippen molar-refractivity contribution in [1.82, 2.24) is 4.98 Å². The van der Waals surface area contributed by atoms with Gasteiger partial charge in [-0.05, 0) is 61.2 Å². The number of aryl methyl sites for hydroxylation is 1. The highest BCUT2D eigenvalue weighted by Crippen LogP contribution is 2.38. The van der Waals surface area contributed by atoms with E-state index < -0.39 is 41.7 Å². The second-order valence-corrected chi connectivity index (χ2v) is 9.01. The number of pyridine rings is 1. The average molecular weight is 504 g/mol. The number of ether oxygens (including phenoxy) is 1. The molecule has 3 aromatic rings. The number of carbonyl (C=O) groups is 1. The van der Waals surface area contributed by atoms with Crippen LogP contribution in [0, 0.1) is 24.4 Å². The molecule has 1 atom stereocenters. The smallest absolute Gasteiger partial charge is 0.272 e. The first-order chi connectivity index (χ1) is 17.0. The van der Waals surface area contributed by atoms with Gasteiger partial charge in [-0.15, -0.1) is 0 Å². The van der Waals surface area contributed by atoms with Crippen molar-refractivity contribution < 1.29 is 31.5 Å². The third-order valence-corrected chi connectivity index (χ3v) is 6.44. The van der Waals surface area contributed by atoms with Crippen LogP contribution in [0.5, 0.6) is 0 Å². The molecule has 4 nitrogen and oxygen atoms in total. The molecule has 0 saturated carbocycles. The number of carbonyl (C=O) groups excluding carboxylic acids is 1. The van der Waals surface area contributed by atoms with Gasteiger partial charge in [0.15, 0.2) is 0 Å². The summed E-state index contributed by atoms with van der Waals surface area (Å²) in [5.74, 6) is -7.06. The minimum Gasteiger partial charge on any atom is -0.380 e. The molecule has 0 unspecified atom stereocenters. The molecule has 2 aromatic carbocycles. The van der Waals surface area contributed by atoms with Crippen molar-refractivity contribution >= 4 is 11.6 Å². The number of fused-ring (bicyclic) bond motifs is 1. The van der Waals surface area contributed by atoms with Crippen molar-refractivity contribution in [3.05, 3.63) is 93.6 Å². The van der Waals surface area contributed by atoms with E-state index in [4.69, 9.17) is 4.74 Å². The Kier molecular flexibility index (Phi) is 7.13. The summed E-state index contributed by atoms with van der Waals surface area (Å²) >= 11 is 0. The van der Waals surface area contributed by atoms with Gasteiger partial charge in [0.05, 0.1) is 24.8 Å². The molecular weight excluding hydrogens is 479 g/mol. The molecular formula is C27H25F5N2O2. The number of amides is 1. The monoisotopic (exact) mass is 504 g/mol. The lowest BCUT2D eigenvalue weighted by Gasteiger charge is -2.27. The van der Waals surface area contributed by atoms with Gasteiger partial charge in [0.2, 0.25) is 5.91 Å². The Morgan fingerprint density at radius 1 is 1.11 bits per heavy atom. The second kappa shape index (κ2) is 9.97. The molecule has 0 N–H and O–H groups in total. The van der Waals surface area contributed by atoms with Gasteiger partial charge >= 0.3 is 0 Å². The molecule has 0 saturated heterocycles. The third kappa shape index (κ3) is 4.97. The maximum atomic E-state index is 14.9. The van der Waals surface area contributed by atoms with Crippen LogP contribution in [0.2, 0.25) is 0 Å². The molecule has 1 aliphatic heterocycles. The van der Waals surface area contributed by atoms with Crippen molar-refractivity contribution in [3.8, 4) is 0 Å². The van der Waals surface area contributed by atoms with Gasteiger partial charge in [-0.2, -0.15) is 0 Å². The topological polar surface area (TPSA) is 42.4 Å². The van der Waals surface area contributed by atoms with E-state index in [-0.39, 0.29) is 58.6 Å². The lowest BCUT2D eigenvalue weighted by molar-refractivity contribution is -0.120. The van der Waals surface area contributed by atoms with E-state index in [1.807, 2.05) is 0 Å². The van der Waals surface area contributed by atoms with Crippen LogP contribution in [0.3, 0.4) is 0 Å². The first-order valence-electron chi connectivity index (χ1n) is 11.4. The minimum atomic E-state index is -3.19. The zero-order chi connectivity index (χ0) is 26.2. The number of hydrogen-bond donors (Lipinski definition) is 0. The normalized spacial score (nSPS) is 16.2. The Balaban J connectivity index is 1.80. The van der Waals surface area contributed by atoms with Crippen molar-refractivity contribution in [3.63, 3.8) is 0 Å². The molecule has 190 valence electrons. The van der Waals surface area contributed by atoms with Crippen LogP contribution in [0.4, 0.5) is 27.6 Å². The van der Waals surface area contributed by atoms with Crippen LogP contribution in [-0.4, -0.2) is 18.0 Å². The van der Waals surface area contributed by atoms with E-state index in [1.165, 1.54) is 44.5 Å². The maximum Gasteiger partial charge on any atom is 0.272 e. The number of benzene rings is 2. The van der Waals surface area contributed by atoms with Crippen LogP contribution in [0.1, 0.15) is 52.8 Å². The first kappa shape index (κ1) is 25.8. The van der Waals surface area contributed by atoms with Gasteiger partial charge in [-0.3, -0.25) is 9.78 Å². The number of rotatable bonds is 6. The number of methoxy groups -OCH3 is 1. The van der Waals surface area contributed by atoms with E-state index in [0.29, 0.717) is 0 Å². The Morgan fingerprint density at radius 3 is 2.44 bits per heavy atom. The summed E-state index contributed by atoms with van der Waals surface area (Å²) in [5.41, 5.74) is 0.340. The predicted octanol–water partition coefficient (Wildman–Crippen LogP) is 6.33. The highest BCUT2D eigenvalue weighted by molar-refractivity contribution is 5.99. The predicted molar refractivity (Wildman–Crippen MR) is 124 cm³/mol. The van der Waals surface area contributed by atoms with Crippen LogP contribution < -0.4 is 4.90 Å². The molecule has 0 radical (unpaired) electrons. The zero-order valence-corrected chi connectivity index (χ0v) is 20.0. The largest absolute Gasteiger partial charge is 0.380 e. The van der Waals surface area contributed by atoms with Crippen LogP contribution >= 0.6 is 0 Å². The molecule has 0 fully saturated rings. The van der Waals surface area contributed by atoms with Gasteiger partial charge in [0, 0.05) is 42.6 Å². The molecule has 4 rings (SSSR count). The summed E-state index contributed by atoms with van der Waals surface area (Å²) in [6.07, 6.45) is 1.58. The molecule has 0 aliphatic carbocycles. The number of anilines is 1. The van der Waals surface area contributed by atoms with Gasteiger partial charge in [-0.1, -0.05) is 6.07 Å². The molecule has 1 aliphatic rings. The maximum absolute atomic E-state index is 14.9. The van der Waals surface area contributed by atoms with Crippen LogP contribution in [0.15, 0.2) is 42.6 Å². The number of halogens is 5. The Bertz CT molecular complexity index is 1280. The molecule has 1 aromatic heterocycles. The summed E-state index contributed by atoms with van der Waals surface area (Å²) < 4.78 is 77.9. The van der Waals surface area contributed by atoms with Gasteiger partial charge in [0.25, 0.3) is 5.92 Å². The SMILES string of the molecule is COCc1cc(F)c(CN2C(=O)[C@@H](c3cnc(C)c(C(C)(F)F)c3)CCc3c(F)cccc32)c(F)c1. The molecule has 2 heterocycles. The Hall–Kier alpha value is -3.33. The van der Waals surface area contributed by atoms with Crippen LogP contribution in [-0.2, 0) is 35.0 Å². The number of nitrogens with zero attached hydrogens (tertiary/aromatic N) is 2. The zero-order valence-electron chi connectivity index (χ0n) is 20.0. The Morgan fingerprint density at radius 2 is 1.81 bits per heavy atom. The van der Waals surface area contributed by atoms with Crippen molar-refractivity contribution in [2.24, 2.45) is 0 Å². The molecule has 0 spiro atoms. The summed E-state index contributed by atoms with van der Waals surface area (Å²) in [6.45, 7) is 1.68. The fourth-order valence-corrected chi connectivity index (χ4v) is 4.64. The molecule has 9 heteroatoms. The lowest BCUT2D eigenvalue weighted by atomic mass is 9.91. The first-order valence-corrected chi connectivity index (χ1v) is 11.4. The fraction of sp³-hybridized carbons (Fsp3) is 0.333. The minimum absolute atomic E-state index is 0.00228. The number of alkyl halides is 2. The summed E-state index contributed by atoms with van der Waals surface area (Å²) in [6, 6.07) is 7.63. The molecule has 1 amide bonds. The van der Waals surface area contributed by atoms with Gasteiger partial charge < -0.3 is 9.64 Å². The van der Waals surface area contributed by atoms with E-state index >= 15 is 0 Å².